The van der Waals surface area contributed by atoms with Gasteiger partial charge >= 0.3 is 5.69 Å². The Morgan fingerprint density at radius 3 is 2.48 bits per heavy atom. The minimum Gasteiger partial charge on any atom is -0.320 e. The number of aromatic nitrogens is 6. The molecule has 0 spiro atoms. The predicted octanol–water partition coefficient (Wildman–Crippen LogP) is 1.63. The van der Waals surface area contributed by atoms with E-state index in [0.717, 1.165) is 21.5 Å². The summed E-state index contributed by atoms with van der Waals surface area (Å²) in [4.78, 5) is 28.9. The topological polar surface area (TPSA) is 79.6 Å². The summed E-state index contributed by atoms with van der Waals surface area (Å²) in [6.07, 6.45) is 1.54. The van der Waals surface area contributed by atoms with Crippen LogP contribution in [0.5, 0.6) is 0 Å². The van der Waals surface area contributed by atoms with Crippen molar-refractivity contribution in [2.75, 3.05) is 0 Å². The van der Waals surface area contributed by atoms with Gasteiger partial charge in [0.1, 0.15) is 5.15 Å². The zero-order chi connectivity index (χ0) is 19.3. The van der Waals surface area contributed by atoms with Gasteiger partial charge < -0.3 is 4.57 Å². The van der Waals surface area contributed by atoms with Crippen molar-refractivity contribution in [1.29, 1.82) is 0 Å². The van der Waals surface area contributed by atoms with Gasteiger partial charge in [0, 0.05) is 19.7 Å². The Bertz CT molecular complexity index is 1280. The van der Waals surface area contributed by atoms with E-state index in [0.29, 0.717) is 22.9 Å². The van der Waals surface area contributed by atoms with Crippen LogP contribution in [0.4, 0.5) is 0 Å². The average Bonchev–Trinajstić information content (AvgIpc) is 3.22. The van der Waals surface area contributed by atoms with Crippen LogP contribution >= 0.6 is 11.6 Å². The van der Waals surface area contributed by atoms with E-state index in [2.05, 4.69) is 10.1 Å². The molecule has 1 aromatic carbocycles. The van der Waals surface area contributed by atoms with E-state index < -0.39 is 11.2 Å². The summed E-state index contributed by atoms with van der Waals surface area (Å²) in [6.45, 7) is 2.19. The fourth-order valence-corrected chi connectivity index (χ4v) is 3.47. The first-order valence-electron chi connectivity index (χ1n) is 8.30. The summed E-state index contributed by atoms with van der Waals surface area (Å²) in [5.41, 5.74) is 2.28. The molecule has 0 amide bonds. The number of para-hydroxylation sites is 1. The monoisotopic (exact) mass is 384 g/mol. The third kappa shape index (κ3) is 2.60. The first-order chi connectivity index (χ1) is 12.9. The summed E-state index contributed by atoms with van der Waals surface area (Å²) in [7, 11) is 3.04. The van der Waals surface area contributed by atoms with Gasteiger partial charge in [0.2, 0.25) is 0 Å². The van der Waals surface area contributed by atoms with Gasteiger partial charge in [-0.15, -0.1) is 0 Å². The third-order valence-electron chi connectivity index (χ3n) is 4.67. The Morgan fingerprint density at radius 1 is 1.07 bits per heavy atom. The molecule has 0 bridgehead atoms. The van der Waals surface area contributed by atoms with Crippen molar-refractivity contribution in [1.82, 2.24) is 28.5 Å². The molecule has 0 aliphatic heterocycles. The molecular weight excluding hydrogens is 368 g/mol. The van der Waals surface area contributed by atoms with Crippen molar-refractivity contribution in [2.45, 2.75) is 13.5 Å². The summed E-state index contributed by atoms with van der Waals surface area (Å²) in [6, 6.07) is 9.58. The number of halogens is 1. The van der Waals surface area contributed by atoms with Crippen LogP contribution in [0.2, 0.25) is 5.15 Å². The highest BCUT2D eigenvalue weighted by Crippen LogP contribution is 2.25. The first-order valence-corrected chi connectivity index (χ1v) is 8.68. The van der Waals surface area contributed by atoms with Gasteiger partial charge in [0.05, 0.1) is 24.3 Å². The highest BCUT2D eigenvalue weighted by atomic mass is 35.5. The summed E-state index contributed by atoms with van der Waals surface area (Å²) < 4.78 is 5.79. The number of aryl methyl sites for hydroxylation is 2. The number of rotatable bonds is 3. The van der Waals surface area contributed by atoms with Gasteiger partial charge in [0.15, 0.2) is 11.2 Å². The van der Waals surface area contributed by atoms with Crippen LogP contribution in [-0.2, 0) is 20.6 Å². The lowest BCUT2D eigenvalue weighted by Gasteiger charge is -2.07. The quantitative estimate of drug-likeness (QED) is 0.537. The molecule has 0 saturated carbocycles. The smallest absolute Gasteiger partial charge is 0.320 e. The second-order valence-corrected chi connectivity index (χ2v) is 6.71. The van der Waals surface area contributed by atoms with Gasteiger partial charge in [-0.1, -0.05) is 29.8 Å². The SMILES string of the molecule is Cc1nn(-c2ccccc2)c(Cl)c1Cn1cnc2c1c(=O)n(C)c(=O)n2C. The van der Waals surface area contributed by atoms with E-state index in [1.807, 2.05) is 37.3 Å². The number of hydrogen-bond donors (Lipinski definition) is 0. The van der Waals surface area contributed by atoms with E-state index >= 15 is 0 Å². The summed E-state index contributed by atoms with van der Waals surface area (Å²) in [5, 5.41) is 5.00. The van der Waals surface area contributed by atoms with Crippen molar-refractivity contribution >= 4 is 22.8 Å². The van der Waals surface area contributed by atoms with E-state index in [1.54, 1.807) is 22.6 Å². The second-order valence-electron chi connectivity index (χ2n) is 6.35. The summed E-state index contributed by atoms with van der Waals surface area (Å²) >= 11 is 6.59. The fraction of sp³-hybridized carbons (Fsp3) is 0.222. The van der Waals surface area contributed by atoms with E-state index in [4.69, 9.17) is 11.6 Å². The molecule has 0 N–H and O–H groups in total. The van der Waals surface area contributed by atoms with Crippen molar-refractivity contribution in [3.63, 3.8) is 0 Å². The predicted molar refractivity (Wildman–Crippen MR) is 103 cm³/mol. The molecular formula is C18H17ClN6O2. The second kappa shape index (κ2) is 6.24. The Hall–Kier alpha value is -3.13. The Balaban J connectivity index is 1.86. The van der Waals surface area contributed by atoms with Crippen LogP contribution in [0.3, 0.4) is 0 Å². The Labute approximate surface area is 158 Å². The maximum Gasteiger partial charge on any atom is 0.332 e. The molecule has 0 atom stereocenters. The van der Waals surface area contributed by atoms with Crippen LogP contribution in [-0.4, -0.2) is 28.5 Å². The normalized spacial score (nSPS) is 11.4. The van der Waals surface area contributed by atoms with Crippen molar-refractivity contribution in [2.24, 2.45) is 14.1 Å². The molecule has 8 nitrogen and oxygen atoms in total. The minimum atomic E-state index is -0.413. The van der Waals surface area contributed by atoms with Crippen LogP contribution in [0, 0.1) is 6.92 Å². The third-order valence-corrected chi connectivity index (χ3v) is 5.06. The molecule has 4 aromatic rings. The largest absolute Gasteiger partial charge is 0.332 e. The Kier molecular flexibility index (Phi) is 4.00. The number of fused-ring (bicyclic) bond motifs is 1. The standard InChI is InChI=1S/C18H17ClN6O2/c1-11-13(15(19)25(21-11)12-7-5-4-6-8-12)9-24-10-20-16-14(24)17(26)23(3)18(27)22(16)2/h4-8,10H,9H2,1-3H3. The van der Waals surface area contributed by atoms with Crippen molar-refractivity contribution in [3.8, 4) is 5.69 Å². The highest BCUT2D eigenvalue weighted by Gasteiger charge is 2.19. The van der Waals surface area contributed by atoms with Gasteiger partial charge in [-0.2, -0.15) is 5.10 Å². The molecule has 0 aliphatic rings. The molecule has 0 aliphatic carbocycles. The highest BCUT2D eigenvalue weighted by molar-refractivity contribution is 6.30. The lowest BCUT2D eigenvalue weighted by molar-refractivity contribution is 0.702. The van der Waals surface area contributed by atoms with Crippen LogP contribution in [0.25, 0.3) is 16.9 Å². The molecule has 0 unspecified atom stereocenters. The van der Waals surface area contributed by atoms with Gasteiger partial charge in [-0.05, 0) is 19.1 Å². The van der Waals surface area contributed by atoms with Gasteiger partial charge in [-0.25, -0.2) is 14.5 Å². The molecule has 27 heavy (non-hydrogen) atoms. The average molecular weight is 385 g/mol. The zero-order valence-electron chi connectivity index (χ0n) is 15.0. The fourth-order valence-electron chi connectivity index (χ4n) is 3.14. The summed E-state index contributed by atoms with van der Waals surface area (Å²) in [5.74, 6) is 0. The van der Waals surface area contributed by atoms with Crippen molar-refractivity contribution in [3.05, 3.63) is 73.9 Å². The molecule has 3 heterocycles. The molecule has 0 radical (unpaired) electrons. The molecule has 4 rings (SSSR count). The van der Waals surface area contributed by atoms with Crippen LogP contribution in [0.1, 0.15) is 11.3 Å². The molecule has 3 aromatic heterocycles. The van der Waals surface area contributed by atoms with E-state index in [9.17, 15) is 9.59 Å². The lowest BCUT2D eigenvalue weighted by atomic mass is 10.2. The zero-order valence-corrected chi connectivity index (χ0v) is 15.8. The van der Waals surface area contributed by atoms with E-state index in [1.165, 1.54) is 11.6 Å². The number of benzene rings is 1. The Morgan fingerprint density at radius 2 is 1.78 bits per heavy atom. The van der Waals surface area contributed by atoms with Crippen molar-refractivity contribution < 1.29 is 0 Å². The molecule has 138 valence electrons. The molecule has 0 saturated heterocycles. The number of nitrogens with zero attached hydrogens (tertiary/aromatic N) is 6. The van der Waals surface area contributed by atoms with Gasteiger partial charge in [-0.3, -0.25) is 13.9 Å². The van der Waals surface area contributed by atoms with E-state index in [-0.39, 0.29) is 0 Å². The minimum absolute atomic E-state index is 0.321. The maximum absolute atomic E-state index is 12.6. The molecule has 9 heteroatoms. The number of hydrogen-bond acceptors (Lipinski definition) is 4. The maximum atomic E-state index is 12.6. The number of imidazole rings is 1. The first kappa shape index (κ1) is 17.3. The van der Waals surface area contributed by atoms with Gasteiger partial charge in [0.25, 0.3) is 5.56 Å². The molecule has 0 fully saturated rings. The van der Waals surface area contributed by atoms with Crippen LogP contribution < -0.4 is 11.2 Å². The lowest BCUT2D eigenvalue weighted by Crippen LogP contribution is -2.37. The van der Waals surface area contributed by atoms with Crippen LogP contribution in [0.15, 0.2) is 46.2 Å².